The number of rotatable bonds is 7. The van der Waals surface area contributed by atoms with Crippen LogP contribution in [0.1, 0.15) is 46.0 Å². The molecule has 1 saturated heterocycles. The first kappa shape index (κ1) is 13.7. The number of ketones is 1. The Balaban J connectivity index is 2.26. The van der Waals surface area contributed by atoms with E-state index < -0.39 is 0 Å². The van der Waals surface area contributed by atoms with Gasteiger partial charge >= 0.3 is 0 Å². The van der Waals surface area contributed by atoms with Crippen molar-refractivity contribution in [3.05, 3.63) is 0 Å². The number of carbonyl (C=O) groups is 1. The molecule has 1 heterocycles. The summed E-state index contributed by atoms with van der Waals surface area (Å²) in [5.41, 5.74) is 0. The van der Waals surface area contributed by atoms with Crippen molar-refractivity contribution in [2.24, 2.45) is 0 Å². The number of Topliss-reactive ketones (excluding diaryl/α,β-unsaturated/α-hetero) is 1. The van der Waals surface area contributed by atoms with Gasteiger partial charge in [-0.2, -0.15) is 0 Å². The third-order valence-electron chi connectivity index (χ3n) is 3.08. The van der Waals surface area contributed by atoms with Crippen molar-refractivity contribution in [2.75, 3.05) is 26.2 Å². The maximum Gasteiger partial charge on any atom is 0.162 e. The SMILES string of the molecule is CCCCCC(=O)C1CN(CCC)CCO1. The van der Waals surface area contributed by atoms with E-state index in [-0.39, 0.29) is 6.10 Å². The highest BCUT2D eigenvalue weighted by atomic mass is 16.5. The molecule has 0 saturated carbocycles. The summed E-state index contributed by atoms with van der Waals surface area (Å²) < 4.78 is 5.56. The quantitative estimate of drug-likeness (QED) is 0.625. The molecule has 0 aromatic carbocycles. The molecule has 0 radical (unpaired) electrons. The summed E-state index contributed by atoms with van der Waals surface area (Å²) in [7, 11) is 0. The Hall–Kier alpha value is -0.410. The van der Waals surface area contributed by atoms with Gasteiger partial charge in [-0.3, -0.25) is 9.69 Å². The molecule has 3 nitrogen and oxygen atoms in total. The van der Waals surface area contributed by atoms with Gasteiger partial charge in [0, 0.05) is 19.5 Å². The van der Waals surface area contributed by atoms with Crippen LogP contribution in [-0.4, -0.2) is 43.0 Å². The average Bonchev–Trinajstić information content (AvgIpc) is 2.30. The van der Waals surface area contributed by atoms with Crippen LogP contribution < -0.4 is 0 Å². The maximum atomic E-state index is 11.9. The van der Waals surface area contributed by atoms with Gasteiger partial charge in [-0.1, -0.05) is 26.7 Å². The number of morpholine rings is 1. The topological polar surface area (TPSA) is 29.5 Å². The van der Waals surface area contributed by atoms with Crippen molar-refractivity contribution in [2.45, 2.75) is 52.1 Å². The van der Waals surface area contributed by atoms with Gasteiger partial charge in [0.25, 0.3) is 0 Å². The molecule has 0 aromatic heterocycles. The fourth-order valence-corrected chi connectivity index (χ4v) is 2.13. The van der Waals surface area contributed by atoms with Gasteiger partial charge < -0.3 is 4.74 Å². The van der Waals surface area contributed by atoms with E-state index in [9.17, 15) is 4.79 Å². The van der Waals surface area contributed by atoms with E-state index in [2.05, 4.69) is 18.7 Å². The summed E-state index contributed by atoms with van der Waals surface area (Å²) in [5, 5.41) is 0. The standard InChI is InChI=1S/C13H25NO2/c1-3-5-6-7-12(15)13-11-14(8-4-2)9-10-16-13/h13H,3-11H2,1-2H3. The number of ether oxygens (including phenoxy) is 1. The molecule has 0 amide bonds. The zero-order chi connectivity index (χ0) is 11.8. The average molecular weight is 227 g/mol. The lowest BCUT2D eigenvalue weighted by molar-refractivity contribution is -0.136. The van der Waals surface area contributed by atoms with Gasteiger partial charge in [0.15, 0.2) is 5.78 Å². The molecule has 1 rings (SSSR count). The number of hydrogen-bond donors (Lipinski definition) is 0. The van der Waals surface area contributed by atoms with Crippen LogP contribution in [0, 0.1) is 0 Å². The van der Waals surface area contributed by atoms with Gasteiger partial charge in [0.2, 0.25) is 0 Å². The molecule has 3 heteroatoms. The van der Waals surface area contributed by atoms with E-state index in [4.69, 9.17) is 4.74 Å². The van der Waals surface area contributed by atoms with E-state index >= 15 is 0 Å². The second-order valence-electron chi connectivity index (χ2n) is 4.58. The highest BCUT2D eigenvalue weighted by Gasteiger charge is 2.25. The fourth-order valence-electron chi connectivity index (χ4n) is 2.13. The molecule has 1 aliphatic rings. The highest BCUT2D eigenvalue weighted by Crippen LogP contribution is 2.10. The molecule has 1 unspecified atom stereocenters. The third-order valence-corrected chi connectivity index (χ3v) is 3.08. The van der Waals surface area contributed by atoms with Crippen LogP contribution in [-0.2, 0) is 9.53 Å². The zero-order valence-electron chi connectivity index (χ0n) is 10.7. The van der Waals surface area contributed by atoms with E-state index in [0.717, 1.165) is 38.9 Å². The molecular formula is C13H25NO2. The summed E-state index contributed by atoms with van der Waals surface area (Å²) in [6.07, 6.45) is 5.02. The van der Waals surface area contributed by atoms with Crippen molar-refractivity contribution in [3.8, 4) is 0 Å². The van der Waals surface area contributed by atoms with Crippen LogP contribution in [0.3, 0.4) is 0 Å². The lowest BCUT2D eigenvalue weighted by atomic mass is 10.1. The van der Waals surface area contributed by atoms with Crippen LogP contribution in [0.4, 0.5) is 0 Å². The first-order valence-corrected chi connectivity index (χ1v) is 6.64. The first-order valence-electron chi connectivity index (χ1n) is 6.64. The molecular weight excluding hydrogens is 202 g/mol. The number of unbranched alkanes of at least 4 members (excludes halogenated alkanes) is 2. The number of hydrogen-bond acceptors (Lipinski definition) is 3. The molecule has 0 aromatic rings. The number of nitrogens with zero attached hydrogens (tertiary/aromatic N) is 1. The lowest BCUT2D eigenvalue weighted by Gasteiger charge is -2.31. The monoisotopic (exact) mass is 227 g/mol. The minimum absolute atomic E-state index is 0.155. The van der Waals surface area contributed by atoms with Crippen molar-refractivity contribution in [1.82, 2.24) is 4.90 Å². The summed E-state index contributed by atoms with van der Waals surface area (Å²) in [6, 6.07) is 0. The van der Waals surface area contributed by atoms with Crippen LogP contribution in [0.2, 0.25) is 0 Å². The first-order chi connectivity index (χ1) is 7.77. The third kappa shape index (κ3) is 4.62. The maximum absolute atomic E-state index is 11.9. The molecule has 1 atom stereocenters. The second-order valence-corrected chi connectivity index (χ2v) is 4.58. The molecule has 0 bridgehead atoms. The lowest BCUT2D eigenvalue weighted by Crippen LogP contribution is -2.46. The Kier molecular flexibility index (Phi) is 6.65. The normalized spacial score (nSPS) is 22.2. The van der Waals surface area contributed by atoms with Gasteiger partial charge in [-0.15, -0.1) is 0 Å². The van der Waals surface area contributed by atoms with Crippen LogP contribution in [0.15, 0.2) is 0 Å². The van der Waals surface area contributed by atoms with Crippen molar-refractivity contribution >= 4 is 5.78 Å². The largest absolute Gasteiger partial charge is 0.368 e. The predicted octanol–water partition coefficient (Wildman–Crippen LogP) is 2.25. The molecule has 94 valence electrons. The summed E-state index contributed by atoms with van der Waals surface area (Å²) in [6.45, 7) is 7.91. The van der Waals surface area contributed by atoms with E-state index in [0.29, 0.717) is 18.8 Å². The molecule has 1 aliphatic heterocycles. The Morgan fingerprint density at radius 3 is 2.81 bits per heavy atom. The fraction of sp³-hybridized carbons (Fsp3) is 0.923. The van der Waals surface area contributed by atoms with Crippen molar-refractivity contribution < 1.29 is 9.53 Å². The molecule has 1 fully saturated rings. The van der Waals surface area contributed by atoms with Gasteiger partial charge in [0.05, 0.1) is 6.61 Å². The molecule has 0 N–H and O–H groups in total. The van der Waals surface area contributed by atoms with Crippen LogP contribution >= 0.6 is 0 Å². The van der Waals surface area contributed by atoms with Gasteiger partial charge in [0.1, 0.15) is 6.10 Å². The van der Waals surface area contributed by atoms with Crippen molar-refractivity contribution in [1.29, 1.82) is 0 Å². The van der Waals surface area contributed by atoms with Crippen LogP contribution in [0.25, 0.3) is 0 Å². The smallest absolute Gasteiger partial charge is 0.162 e. The minimum Gasteiger partial charge on any atom is -0.368 e. The molecule has 0 spiro atoms. The van der Waals surface area contributed by atoms with Gasteiger partial charge in [-0.05, 0) is 19.4 Å². The number of carbonyl (C=O) groups excluding carboxylic acids is 1. The zero-order valence-corrected chi connectivity index (χ0v) is 10.7. The Morgan fingerprint density at radius 2 is 2.12 bits per heavy atom. The predicted molar refractivity (Wildman–Crippen MR) is 65.6 cm³/mol. The van der Waals surface area contributed by atoms with E-state index in [1.165, 1.54) is 6.42 Å². The minimum atomic E-state index is -0.155. The summed E-state index contributed by atoms with van der Waals surface area (Å²) in [5.74, 6) is 0.300. The summed E-state index contributed by atoms with van der Waals surface area (Å²) in [4.78, 5) is 14.2. The Labute approximate surface area is 99.1 Å². The Bertz CT molecular complexity index is 204. The van der Waals surface area contributed by atoms with Crippen LogP contribution in [0.5, 0.6) is 0 Å². The summed E-state index contributed by atoms with van der Waals surface area (Å²) >= 11 is 0. The van der Waals surface area contributed by atoms with Gasteiger partial charge in [-0.25, -0.2) is 0 Å². The molecule has 0 aliphatic carbocycles. The van der Waals surface area contributed by atoms with E-state index in [1.807, 2.05) is 0 Å². The highest BCUT2D eigenvalue weighted by molar-refractivity contribution is 5.83. The second kappa shape index (κ2) is 7.80. The van der Waals surface area contributed by atoms with Crippen molar-refractivity contribution in [3.63, 3.8) is 0 Å². The van der Waals surface area contributed by atoms with E-state index in [1.54, 1.807) is 0 Å². The molecule has 16 heavy (non-hydrogen) atoms. The Morgan fingerprint density at radius 1 is 1.31 bits per heavy atom.